The summed E-state index contributed by atoms with van der Waals surface area (Å²) in [6.45, 7) is 5.73. The maximum absolute atomic E-state index is 12.9. The molecule has 0 aliphatic heterocycles. The number of amides is 1. The molecule has 2 N–H and O–H groups in total. The number of sulfonamides is 1. The van der Waals surface area contributed by atoms with Crippen LogP contribution in [0.4, 0.5) is 11.4 Å². The van der Waals surface area contributed by atoms with Crippen molar-refractivity contribution in [3.8, 4) is 11.1 Å². The number of aryl methyl sites for hydroxylation is 3. The third-order valence-corrected chi connectivity index (χ3v) is 6.96. The third-order valence-electron chi connectivity index (χ3n) is 5.59. The van der Waals surface area contributed by atoms with Crippen LogP contribution in [0.3, 0.4) is 0 Å². The van der Waals surface area contributed by atoms with Crippen molar-refractivity contribution in [2.24, 2.45) is 0 Å². The SMILES string of the molecule is Cc1cc(C)c(NS(=O)(=O)c2ccc(NC(=O)c3ccc(-c4ccccc4)cc3)cc2)c(C)c1. The summed E-state index contributed by atoms with van der Waals surface area (Å²) in [5, 5.41) is 2.82. The van der Waals surface area contributed by atoms with Crippen LogP contribution in [-0.2, 0) is 10.0 Å². The topological polar surface area (TPSA) is 75.3 Å². The molecule has 0 saturated heterocycles. The van der Waals surface area contributed by atoms with Gasteiger partial charge in [-0.15, -0.1) is 0 Å². The summed E-state index contributed by atoms with van der Waals surface area (Å²) in [5.41, 5.74) is 6.53. The monoisotopic (exact) mass is 470 g/mol. The summed E-state index contributed by atoms with van der Waals surface area (Å²) in [7, 11) is -3.76. The van der Waals surface area contributed by atoms with Gasteiger partial charge < -0.3 is 5.32 Å². The maximum atomic E-state index is 12.9. The van der Waals surface area contributed by atoms with Crippen molar-refractivity contribution < 1.29 is 13.2 Å². The highest BCUT2D eigenvalue weighted by Crippen LogP contribution is 2.26. The number of anilines is 2. The minimum absolute atomic E-state index is 0.122. The summed E-state index contributed by atoms with van der Waals surface area (Å²) in [4.78, 5) is 12.8. The average Bonchev–Trinajstić information content (AvgIpc) is 2.82. The highest BCUT2D eigenvalue weighted by Gasteiger charge is 2.17. The van der Waals surface area contributed by atoms with Crippen molar-refractivity contribution in [2.75, 3.05) is 10.0 Å². The van der Waals surface area contributed by atoms with E-state index < -0.39 is 10.0 Å². The highest BCUT2D eigenvalue weighted by atomic mass is 32.2. The molecule has 0 radical (unpaired) electrons. The van der Waals surface area contributed by atoms with Gasteiger partial charge in [-0.1, -0.05) is 60.2 Å². The van der Waals surface area contributed by atoms with Gasteiger partial charge >= 0.3 is 0 Å². The molecule has 1 amide bonds. The molecule has 0 fully saturated rings. The van der Waals surface area contributed by atoms with Crippen molar-refractivity contribution in [2.45, 2.75) is 25.7 Å². The molecular weight excluding hydrogens is 444 g/mol. The fraction of sp³-hybridized carbons (Fsp3) is 0.107. The van der Waals surface area contributed by atoms with Crippen molar-refractivity contribution in [1.82, 2.24) is 0 Å². The molecule has 0 unspecified atom stereocenters. The van der Waals surface area contributed by atoms with E-state index in [1.165, 1.54) is 12.1 Å². The fourth-order valence-corrected chi connectivity index (χ4v) is 5.10. The van der Waals surface area contributed by atoms with Crippen LogP contribution in [0.15, 0.2) is 95.9 Å². The van der Waals surface area contributed by atoms with Gasteiger partial charge in [-0.25, -0.2) is 8.42 Å². The van der Waals surface area contributed by atoms with E-state index in [0.29, 0.717) is 16.9 Å². The second-order valence-electron chi connectivity index (χ2n) is 8.30. The zero-order valence-corrected chi connectivity index (χ0v) is 20.1. The zero-order chi connectivity index (χ0) is 24.3. The van der Waals surface area contributed by atoms with E-state index in [1.807, 2.05) is 75.4 Å². The summed E-state index contributed by atoms with van der Waals surface area (Å²) < 4.78 is 28.5. The van der Waals surface area contributed by atoms with Gasteiger partial charge in [0.25, 0.3) is 15.9 Å². The Bertz CT molecular complexity index is 1400. The molecule has 0 spiro atoms. The fourth-order valence-electron chi connectivity index (χ4n) is 3.90. The summed E-state index contributed by atoms with van der Waals surface area (Å²) in [6, 6.07) is 27.3. The quantitative estimate of drug-likeness (QED) is 0.346. The van der Waals surface area contributed by atoms with Gasteiger partial charge in [-0.2, -0.15) is 0 Å². The van der Waals surface area contributed by atoms with Crippen molar-refractivity contribution in [3.05, 3.63) is 113 Å². The van der Waals surface area contributed by atoms with Crippen LogP contribution in [0.1, 0.15) is 27.0 Å². The first kappa shape index (κ1) is 23.3. The lowest BCUT2D eigenvalue weighted by Crippen LogP contribution is -2.15. The molecule has 0 atom stereocenters. The Morgan fingerprint density at radius 1 is 0.706 bits per heavy atom. The number of hydrogen-bond acceptors (Lipinski definition) is 3. The molecule has 0 aliphatic rings. The first-order valence-corrected chi connectivity index (χ1v) is 12.4. The molecule has 0 heterocycles. The molecule has 172 valence electrons. The Balaban J connectivity index is 1.46. The predicted molar refractivity (Wildman–Crippen MR) is 138 cm³/mol. The second kappa shape index (κ2) is 9.53. The van der Waals surface area contributed by atoms with Gasteiger partial charge in [0, 0.05) is 11.3 Å². The standard InChI is InChI=1S/C28H26N2O3S/c1-19-17-20(2)27(21(3)18-19)30-34(32,33)26-15-13-25(14-16-26)29-28(31)24-11-9-23(10-12-24)22-7-5-4-6-8-22/h4-18,30H,1-3H3,(H,29,31). The largest absolute Gasteiger partial charge is 0.322 e. The van der Waals surface area contributed by atoms with Gasteiger partial charge in [0.05, 0.1) is 10.6 Å². The van der Waals surface area contributed by atoms with E-state index in [0.717, 1.165) is 27.8 Å². The average molecular weight is 471 g/mol. The van der Waals surface area contributed by atoms with Crippen LogP contribution >= 0.6 is 0 Å². The Kier molecular flexibility index (Phi) is 6.52. The number of benzene rings is 4. The van der Waals surface area contributed by atoms with Gasteiger partial charge in [0.1, 0.15) is 0 Å². The Hall–Kier alpha value is -3.90. The van der Waals surface area contributed by atoms with Gasteiger partial charge in [0.2, 0.25) is 0 Å². The van der Waals surface area contributed by atoms with Crippen LogP contribution in [-0.4, -0.2) is 14.3 Å². The molecule has 0 bridgehead atoms. The molecule has 4 aromatic rings. The van der Waals surface area contributed by atoms with Crippen LogP contribution in [0.5, 0.6) is 0 Å². The smallest absolute Gasteiger partial charge is 0.261 e. The molecule has 5 nitrogen and oxygen atoms in total. The lowest BCUT2D eigenvalue weighted by Gasteiger charge is -2.14. The van der Waals surface area contributed by atoms with E-state index in [1.54, 1.807) is 24.3 Å². The lowest BCUT2D eigenvalue weighted by molar-refractivity contribution is 0.102. The van der Waals surface area contributed by atoms with E-state index >= 15 is 0 Å². The van der Waals surface area contributed by atoms with E-state index in [9.17, 15) is 13.2 Å². The summed E-state index contributed by atoms with van der Waals surface area (Å²) in [6.07, 6.45) is 0. The number of carbonyl (C=O) groups excluding carboxylic acids is 1. The molecule has 0 aromatic heterocycles. The van der Waals surface area contributed by atoms with Crippen molar-refractivity contribution in [3.63, 3.8) is 0 Å². The van der Waals surface area contributed by atoms with E-state index in [-0.39, 0.29) is 10.8 Å². The first-order chi connectivity index (χ1) is 16.2. The van der Waals surface area contributed by atoms with Gasteiger partial charge in [-0.3, -0.25) is 9.52 Å². The number of nitrogens with one attached hydrogen (secondary N) is 2. The van der Waals surface area contributed by atoms with Crippen LogP contribution in [0.2, 0.25) is 0 Å². The third kappa shape index (κ3) is 5.18. The second-order valence-corrected chi connectivity index (χ2v) is 9.98. The van der Waals surface area contributed by atoms with Crippen molar-refractivity contribution in [1.29, 1.82) is 0 Å². The Labute approximate surface area is 200 Å². The number of carbonyl (C=O) groups is 1. The molecule has 0 saturated carbocycles. The number of hydrogen-bond donors (Lipinski definition) is 2. The predicted octanol–water partition coefficient (Wildman–Crippen LogP) is 6.33. The molecule has 0 aliphatic carbocycles. The normalized spacial score (nSPS) is 11.1. The van der Waals surface area contributed by atoms with Crippen LogP contribution in [0, 0.1) is 20.8 Å². The van der Waals surface area contributed by atoms with Crippen LogP contribution < -0.4 is 10.0 Å². The Morgan fingerprint density at radius 2 is 1.26 bits per heavy atom. The molecule has 6 heteroatoms. The number of rotatable bonds is 6. The van der Waals surface area contributed by atoms with Gasteiger partial charge in [0.15, 0.2) is 0 Å². The summed E-state index contributed by atoms with van der Waals surface area (Å²) in [5.74, 6) is -0.265. The molecule has 4 aromatic carbocycles. The highest BCUT2D eigenvalue weighted by molar-refractivity contribution is 7.92. The molecule has 4 rings (SSSR count). The van der Waals surface area contributed by atoms with Crippen LogP contribution in [0.25, 0.3) is 11.1 Å². The summed E-state index contributed by atoms with van der Waals surface area (Å²) >= 11 is 0. The van der Waals surface area contributed by atoms with Gasteiger partial charge in [-0.05, 0) is 79.4 Å². The Morgan fingerprint density at radius 3 is 1.85 bits per heavy atom. The zero-order valence-electron chi connectivity index (χ0n) is 19.3. The van der Waals surface area contributed by atoms with Crippen molar-refractivity contribution >= 4 is 27.3 Å². The minimum Gasteiger partial charge on any atom is -0.322 e. The minimum atomic E-state index is -3.76. The lowest BCUT2D eigenvalue weighted by atomic mass is 10.0. The molecule has 34 heavy (non-hydrogen) atoms. The molecular formula is C28H26N2O3S. The maximum Gasteiger partial charge on any atom is 0.261 e. The van der Waals surface area contributed by atoms with E-state index in [2.05, 4.69) is 10.0 Å². The van der Waals surface area contributed by atoms with E-state index in [4.69, 9.17) is 0 Å². The first-order valence-electron chi connectivity index (χ1n) is 10.9.